The van der Waals surface area contributed by atoms with Crippen LogP contribution in [0, 0.1) is 5.41 Å². The van der Waals surface area contributed by atoms with E-state index in [-0.39, 0.29) is 5.84 Å². The van der Waals surface area contributed by atoms with Crippen molar-refractivity contribution in [1.82, 2.24) is 5.32 Å². The maximum atomic E-state index is 7.88. The van der Waals surface area contributed by atoms with Crippen LogP contribution in [0.1, 0.15) is 19.4 Å². The lowest BCUT2D eigenvalue weighted by Crippen LogP contribution is -2.37. The molecule has 0 aliphatic rings. The van der Waals surface area contributed by atoms with Gasteiger partial charge in [-0.25, -0.2) is 0 Å². The maximum Gasteiger partial charge on any atom is 0.216 e. The fourth-order valence-electron chi connectivity index (χ4n) is 1.45. The summed E-state index contributed by atoms with van der Waals surface area (Å²) in [5.74, 6) is 0.190. The van der Waals surface area contributed by atoms with Crippen molar-refractivity contribution < 1.29 is 9.47 Å². The standard InChI is InChI=1S/C13H18Cl2N2O2/c1-3-18-13(19-4-2)12(16)17-8-9-5-6-10(14)11(15)7-9/h5-7,13H,3-4,8H2,1-2H3,(H2,16,17). The first-order valence-electron chi connectivity index (χ1n) is 6.07. The lowest BCUT2D eigenvalue weighted by molar-refractivity contribution is -0.0923. The lowest BCUT2D eigenvalue weighted by atomic mass is 10.2. The number of benzene rings is 1. The van der Waals surface area contributed by atoms with Gasteiger partial charge in [0.1, 0.15) is 0 Å². The third-order valence-corrected chi connectivity index (χ3v) is 3.08. The summed E-state index contributed by atoms with van der Waals surface area (Å²) >= 11 is 11.8. The summed E-state index contributed by atoms with van der Waals surface area (Å²) in [6, 6.07) is 5.35. The molecule has 0 aliphatic heterocycles. The van der Waals surface area contributed by atoms with Crippen LogP contribution in [0.3, 0.4) is 0 Å². The number of hydrogen-bond donors (Lipinski definition) is 2. The van der Waals surface area contributed by atoms with E-state index in [1.165, 1.54) is 0 Å². The number of nitrogens with one attached hydrogen (secondary N) is 2. The Morgan fingerprint density at radius 3 is 2.37 bits per heavy atom. The minimum Gasteiger partial charge on any atom is -0.366 e. The van der Waals surface area contributed by atoms with E-state index in [0.717, 1.165) is 5.56 Å². The van der Waals surface area contributed by atoms with Crippen LogP contribution in [0.15, 0.2) is 18.2 Å². The zero-order valence-corrected chi connectivity index (χ0v) is 12.5. The third-order valence-electron chi connectivity index (χ3n) is 2.34. The molecule has 106 valence electrons. The van der Waals surface area contributed by atoms with E-state index >= 15 is 0 Å². The molecular formula is C13H18Cl2N2O2. The first-order chi connectivity index (χ1) is 9.08. The SMILES string of the molecule is CCOC(OCC)C(=N)NCc1ccc(Cl)c(Cl)c1. The molecule has 19 heavy (non-hydrogen) atoms. The molecule has 4 nitrogen and oxygen atoms in total. The molecule has 0 radical (unpaired) electrons. The first-order valence-corrected chi connectivity index (χ1v) is 6.83. The predicted octanol–water partition coefficient (Wildman–Crippen LogP) is 3.46. The topological polar surface area (TPSA) is 54.3 Å². The van der Waals surface area contributed by atoms with Crippen molar-refractivity contribution in [2.45, 2.75) is 26.7 Å². The summed E-state index contributed by atoms with van der Waals surface area (Å²) in [7, 11) is 0. The van der Waals surface area contributed by atoms with Gasteiger partial charge in [0.15, 0.2) is 5.84 Å². The second-order valence-corrected chi connectivity index (χ2v) is 4.57. The monoisotopic (exact) mass is 304 g/mol. The highest BCUT2D eigenvalue weighted by Gasteiger charge is 2.14. The summed E-state index contributed by atoms with van der Waals surface area (Å²) in [4.78, 5) is 0. The van der Waals surface area contributed by atoms with Gasteiger partial charge in [-0.2, -0.15) is 0 Å². The lowest BCUT2D eigenvalue weighted by Gasteiger charge is -2.19. The molecule has 6 heteroatoms. The third kappa shape index (κ3) is 5.37. The summed E-state index contributed by atoms with van der Waals surface area (Å²) < 4.78 is 10.6. The van der Waals surface area contributed by atoms with Gasteiger partial charge in [-0.3, -0.25) is 5.41 Å². The average Bonchev–Trinajstić information content (AvgIpc) is 2.39. The van der Waals surface area contributed by atoms with E-state index in [1.807, 2.05) is 19.9 Å². The molecule has 0 aliphatic carbocycles. The van der Waals surface area contributed by atoms with Crippen molar-refractivity contribution in [3.63, 3.8) is 0 Å². The molecular weight excluding hydrogens is 287 g/mol. The van der Waals surface area contributed by atoms with Crippen molar-refractivity contribution in [1.29, 1.82) is 5.41 Å². The van der Waals surface area contributed by atoms with E-state index in [9.17, 15) is 0 Å². The number of amidine groups is 1. The maximum absolute atomic E-state index is 7.88. The van der Waals surface area contributed by atoms with Crippen LogP contribution >= 0.6 is 23.2 Å². The van der Waals surface area contributed by atoms with Crippen molar-refractivity contribution in [3.05, 3.63) is 33.8 Å². The summed E-state index contributed by atoms with van der Waals surface area (Å²) in [6.45, 7) is 5.16. The smallest absolute Gasteiger partial charge is 0.216 e. The number of ether oxygens (including phenoxy) is 2. The Morgan fingerprint density at radius 1 is 1.21 bits per heavy atom. The minimum atomic E-state index is -0.655. The first kappa shape index (κ1) is 16.2. The quantitative estimate of drug-likeness (QED) is 0.461. The van der Waals surface area contributed by atoms with Crippen molar-refractivity contribution in [2.75, 3.05) is 13.2 Å². The van der Waals surface area contributed by atoms with E-state index in [4.69, 9.17) is 38.1 Å². The molecule has 0 aromatic heterocycles. The summed E-state index contributed by atoms with van der Waals surface area (Å²) in [5, 5.41) is 11.8. The zero-order chi connectivity index (χ0) is 14.3. The van der Waals surface area contributed by atoms with Gasteiger partial charge in [-0.1, -0.05) is 29.3 Å². The molecule has 0 atom stereocenters. The van der Waals surface area contributed by atoms with Gasteiger partial charge in [0.25, 0.3) is 0 Å². The van der Waals surface area contributed by atoms with Gasteiger partial charge in [0.05, 0.1) is 10.0 Å². The zero-order valence-electron chi connectivity index (χ0n) is 11.0. The summed E-state index contributed by atoms with van der Waals surface area (Å²) in [6.07, 6.45) is -0.655. The van der Waals surface area contributed by atoms with Crippen LogP contribution in [0.25, 0.3) is 0 Å². The van der Waals surface area contributed by atoms with E-state index < -0.39 is 6.29 Å². The van der Waals surface area contributed by atoms with Crippen LogP contribution in [-0.4, -0.2) is 25.3 Å². The van der Waals surface area contributed by atoms with Crippen LogP contribution in [-0.2, 0) is 16.0 Å². The van der Waals surface area contributed by atoms with Crippen LogP contribution in [0.4, 0.5) is 0 Å². The van der Waals surface area contributed by atoms with Gasteiger partial charge < -0.3 is 14.8 Å². The Hall–Kier alpha value is -0.810. The molecule has 0 saturated heterocycles. The van der Waals surface area contributed by atoms with Crippen molar-refractivity contribution in [3.8, 4) is 0 Å². The number of halogens is 2. The summed E-state index contributed by atoms with van der Waals surface area (Å²) in [5.41, 5.74) is 0.936. The molecule has 0 spiro atoms. The van der Waals surface area contributed by atoms with E-state index in [0.29, 0.717) is 29.8 Å². The molecule has 1 aromatic rings. The second-order valence-electron chi connectivity index (χ2n) is 3.76. The molecule has 0 unspecified atom stereocenters. The number of rotatable bonds is 7. The van der Waals surface area contributed by atoms with Gasteiger partial charge in [0, 0.05) is 19.8 Å². The predicted molar refractivity (Wildman–Crippen MR) is 78.1 cm³/mol. The molecule has 1 rings (SSSR count). The fourth-order valence-corrected chi connectivity index (χ4v) is 1.77. The van der Waals surface area contributed by atoms with E-state index in [2.05, 4.69) is 5.32 Å². The second kappa shape index (κ2) is 8.38. The normalized spacial score (nSPS) is 10.8. The Bertz CT molecular complexity index is 421. The Kier molecular flexibility index (Phi) is 7.16. The Labute approximate surface area is 123 Å². The molecule has 0 bridgehead atoms. The molecule has 0 heterocycles. The molecule has 0 saturated carbocycles. The number of hydrogen-bond acceptors (Lipinski definition) is 3. The highest BCUT2D eigenvalue weighted by Crippen LogP contribution is 2.22. The van der Waals surface area contributed by atoms with Gasteiger partial charge >= 0.3 is 0 Å². The Morgan fingerprint density at radius 2 is 1.84 bits per heavy atom. The molecule has 0 amide bonds. The largest absolute Gasteiger partial charge is 0.366 e. The highest BCUT2D eigenvalue weighted by atomic mass is 35.5. The van der Waals surface area contributed by atoms with Crippen molar-refractivity contribution in [2.24, 2.45) is 0 Å². The Balaban J connectivity index is 2.54. The van der Waals surface area contributed by atoms with Gasteiger partial charge in [-0.15, -0.1) is 0 Å². The van der Waals surface area contributed by atoms with Gasteiger partial charge in [0.2, 0.25) is 6.29 Å². The van der Waals surface area contributed by atoms with Crippen molar-refractivity contribution >= 4 is 29.0 Å². The minimum absolute atomic E-state index is 0.190. The van der Waals surface area contributed by atoms with Crippen LogP contribution in [0.5, 0.6) is 0 Å². The van der Waals surface area contributed by atoms with E-state index in [1.54, 1.807) is 12.1 Å². The molecule has 0 fully saturated rings. The fraction of sp³-hybridized carbons (Fsp3) is 0.462. The van der Waals surface area contributed by atoms with Gasteiger partial charge in [-0.05, 0) is 31.5 Å². The highest BCUT2D eigenvalue weighted by molar-refractivity contribution is 6.42. The average molecular weight is 305 g/mol. The molecule has 2 N–H and O–H groups in total. The van der Waals surface area contributed by atoms with Crippen LogP contribution in [0.2, 0.25) is 10.0 Å². The molecule has 1 aromatic carbocycles. The van der Waals surface area contributed by atoms with Crippen LogP contribution < -0.4 is 5.32 Å².